The van der Waals surface area contributed by atoms with Crippen LogP contribution in [0.2, 0.25) is 5.02 Å². The van der Waals surface area contributed by atoms with Crippen LogP contribution in [0.5, 0.6) is 5.75 Å². The summed E-state index contributed by atoms with van der Waals surface area (Å²) >= 11 is 6.26. The van der Waals surface area contributed by atoms with Gasteiger partial charge in [-0.3, -0.25) is 4.68 Å². The topological polar surface area (TPSA) is 53.1 Å². The Bertz CT molecular complexity index is 593. The third kappa shape index (κ3) is 3.14. The molecule has 0 saturated heterocycles. The molecule has 108 valence electrons. The van der Waals surface area contributed by atoms with Crippen LogP contribution in [0.25, 0.3) is 0 Å². The van der Waals surface area contributed by atoms with Crippen LogP contribution in [-0.4, -0.2) is 9.78 Å². The summed E-state index contributed by atoms with van der Waals surface area (Å²) < 4.78 is 7.69. The van der Waals surface area contributed by atoms with Crippen molar-refractivity contribution in [2.75, 3.05) is 0 Å². The van der Waals surface area contributed by atoms with Gasteiger partial charge in [0.15, 0.2) is 0 Å². The lowest BCUT2D eigenvalue weighted by Crippen LogP contribution is -2.08. The second kappa shape index (κ2) is 6.29. The van der Waals surface area contributed by atoms with Crippen molar-refractivity contribution in [2.24, 2.45) is 5.73 Å². The van der Waals surface area contributed by atoms with E-state index in [2.05, 4.69) is 5.10 Å². The molecule has 0 saturated carbocycles. The molecular formula is C15H20ClN3O. The van der Waals surface area contributed by atoms with Crippen molar-refractivity contribution in [2.45, 2.75) is 40.0 Å². The van der Waals surface area contributed by atoms with E-state index in [-0.39, 0.29) is 6.04 Å². The van der Waals surface area contributed by atoms with Gasteiger partial charge in [0, 0.05) is 12.6 Å². The largest absolute Gasteiger partial charge is 0.487 e. The fourth-order valence-electron chi connectivity index (χ4n) is 2.05. The molecule has 1 heterocycles. The van der Waals surface area contributed by atoms with Crippen molar-refractivity contribution >= 4 is 11.6 Å². The molecule has 0 fully saturated rings. The van der Waals surface area contributed by atoms with Gasteiger partial charge in [0.25, 0.3) is 0 Å². The Morgan fingerprint density at radius 3 is 2.85 bits per heavy atom. The van der Waals surface area contributed by atoms with Gasteiger partial charge in [-0.2, -0.15) is 5.10 Å². The van der Waals surface area contributed by atoms with Gasteiger partial charge in [-0.15, -0.1) is 0 Å². The van der Waals surface area contributed by atoms with Gasteiger partial charge in [-0.1, -0.05) is 23.7 Å². The maximum Gasteiger partial charge on any atom is 0.131 e. The molecule has 4 nitrogen and oxygen atoms in total. The highest BCUT2D eigenvalue weighted by Gasteiger charge is 2.13. The fraction of sp³-hybridized carbons (Fsp3) is 0.400. The molecule has 2 rings (SSSR count). The third-order valence-electron chi connectivity index (χ3n) is 3.21. The Labute approximate surface area is 124 Å². The highest BCUT2D eigenvalue weighted by Crippen LogP contribution is 2.23. The minimum Gasteiger partial charge on any atom is -0.487 e. The van der Waals surface area contributed by atoms with Crippen LogP contribution in [0.4, 0.5) is 0 Å². The highest BCUT2D eigenvalue weighted by molar-refractivity contribution is 6.31. The molecule has 2 N–H and O–H groups in total. The monoisotopic (exact) mass is 293 g/mol. The lowest BCUT2D eigenvalue weighted by atomic mass is 10.1. The van der Waals surface area contributed by atoms with Gasteiger partial charge in [-0.25, -0.2) is 0 Å². The molecule has 2 aromatic rings. The Hall–Kier alpha value is -1.52. The first-order valence-electron chi connectivity index (χ1n) is 6.73. The minimum atomic E-state index is -0.00875. The molecule has 20 heavy (non-hydrogen) atoms. The van der Waals surface area contributed by atoms with E-state index in [1.165, 1.54) is 0 Å². The molecule has 0 aliphatic carbocycles. The lowest BCUT2D eigenvalue weighted by molar-refractivity contribution is 0.292. The van der Waals surface area contributed by atoms with Crippen molar-refractivity contribution in [1.82, 2.24) is 9.78 Å². The van der Waals surface area contributed by atoms with Gasteiger partial charge in [0.1, 0.15) is 12.4 Å². The average Bonchev–Trinajstić information content (AvgIpc) is 2.72. The van der Waals surface area contributed by atoms with E-state index in [0.717, 1.165) is 29.2 Å². The molecule has 0 aliphatic rings. The number of hydrogen-bond acceptors (Lipinski definition) is 3. The number of rotatable bonds is 5. The number of ether oxygens (including phenoxy) is 1. The zero-order valence-corrected chi connectivity index (χ0v) is 12.8. The summed E-state index contributed by atoms with van der Waals surface area (Å²) in [7, 11) is 0. The first-order valence-corrected chi connectivity index (χ1v) is 7.10. The highest BCUT2D eigenvalue weighted by atomic mass is 35.5. The second-order valence-corrected chi connectivity index (χ2v) is 5.19. The third-order valence-corrected chi connectivity index (χ3v) is 3.70. The van der Waals surface area contributed by atoms with E-state index in [1.54, 1.807) is 0 Å². The molecule has 0 unspecified atom stereocenters. The fourth-order valence-corrected chi connectivity index (χ4v) is 2.24. The maximum absolute atomic E-state index is 6.26. The van der Waals surface area contributed by atoms with Crippen LogP contribution in [0.1, 0.15) is 36.8 Å². The van der Waals surface area contributed by atoms with Crippen molar-refractivity contribution in [3.05, 3.63) is 46.2 Å². The first-order chi connectivity index (χ1) is 9.52. The Morgan fingerprint density at radius 1 is 1.45 bits per heavy atom. The van der Waals surface area contributed by atoms with Crippen molar-refractivity contribution < 1.29 is 4.74 Å². The molecule has 1 atom stereocenters. The van der Waals surface area contributed by atoms with Gasteiger partial charge in [0.2, 0.25) is 0 Å². The standard InChI is InChI=1S/C15H20ClN3O/c1-4-19-14(15(16)11(3)18-19)9-20-13-7-5-6-12(8-13)10(2)17/h5-8,10H,4,9,17H2,1-3H3/t10-/m1/s1. The number of aryl methyl sites for hydroxylation is 2. The quantitative estimate of drug-likeness (QED) is 0.918. The molecule has 0 bridgehead atoms. The first kappa shape index (κ1) is 14.9. The van der Waals surface area contributed by atoms with E-state index in [1.807, 2.05) is 49.7 Å². The van der Waals surface area contributed by atoms with Crippen molar-refractivity contribution in [3.63, 3.8) is 0 Å². The van der Waals surface area contributed by atoms with Crippen LogP contribution in [-0.2, 0) is 13.2 Å². The van der Waals surface area contributed by atoms with Crippen LogP contribution < -0.4 is 10.5 Å². The van der Waals surface area contributed by atoms with Crippen LogP contribution >= 0.6 is 11.6 Å². The Morgan fingerprint density at radius 2 is 2.20 bits per heavy atom. The number of halogens is 1. The van der Waals surface area contributed by atoms with Crippen LogP contribution in [0.15, 0.2) is 24.3 Å². The lowest BCUT2D eigenvalue weighted by Gasteiger charge is -2.11. The minimum absolute atomic E-state index is 0.00875. The van der Waals surface area contributed by atoms with Gasteiger partial charge in [-0.05, 0) is 38.5 Å². The smallest absolute Gasteiger partial charge is 0.131 e. The number of nitrogens with two attached hydrogens (primary N) is 1. The number of hydrogen-bond donors (Lipinski definition) is 1. The molecular weight excluding hydrogens is 274 g/mol. The Balaban J connectivity index is 2.15. The number of benzene rings is 1. The summed E-state index contributed by atoms with van der Waals surface area (Å²) in [5.74, 6) is 0.789. The van der Waals surface area contributed by atoms with E-state index in [0.29, 0.717) is 11.6 Å². The molecule has 0 amide bonds. The second-order valence-electron chi connectivity index (χ2n) is 4.81. The molecule has 1 aromatic heterocycles. The van der Waals surface area contributed by atoms with Crippen molar-refractivity contribution in [3.8, 4) is 5.75 Å². The van der Waals surface area contributed by atoms with E-state index in [9.17, 15) is 0 Å². The van der Waals surface area contributed by atoms with E-state index >= 15 is 0 Å². The zero-order chi connectivity index (χ0) is 14.7. The molecule has 0 spiro atoms. The SMILES string of the molecule is CCn1nc(C)c(Cl)c1COc1cccc([C@@H](C)N)c1. The predicted molar refractivity (Wildman–Crippen MR) is 81.0 cm³/mol. The molecule has 1 aromatic carbocycles. The van der Waals surface area contributed by atoms with Crippen LogP contribution in [0, 0.1) is 6.92 Å². The summed E-state index contributed by atoms with van der Waals surface area (Å²) in [5.41, 5.74) is 8.65. The zero-order valence-electron chi connectivity index (χ0n) is 12.1. The number of nitrogens with zero attached hydrogens (tertiary/aromatic N) is 2. The average molecular weight is 294 g/mol. The van der Waals surface area contributed by atoms with Gasteiger partial charge >= 0.3 is 0 Å². The maximum atomic E-state index is 6.26. The number of aromatic nitrogens is 2. The summed E-state index contributed by atoms with van der Waals surface area (Å²) in [6.45, 7) is 7.05. The van der Waals surface area contributed by atoms with Crippen molar-refractivity contribution in [1.29, 1.82) is 0 Å². The van der Waals surface area contributed by atoms with E-state index < -0.39 is 0 Å². The summed E-state index contributed by atoms with van der Waals surface area (Å²) in [6, 6.07) is 7.80. The summed E-state index contributed by atoms with van der Waals surface area (Å²) in [6.07, 6.45) is 0. The van der Waals surface area contributed by atoms with Gasteiger partial charge < -0.3 is 10.5 Å². The van der Waals surface area contributed by atoms with Gasteiger partial charge in [0.05, 0.1) is 16.4 Å². The normalized spacial score (nSPS) is 12.4. The molecule has 0 radical (unpaired) electrons. The Kier molecular flexibility index (Phi) is 4.68. The molecule has 5 heteroatoms. The van der Waals surface area contributed by atoms with E-state index in [4.69, 9.17) is 22.1 Å². The summed E-state index contributed by atoms with van der Waals surface area (Å²) in [5, 5.41) is 5.05. The molecule has 0 aliphatic heterocycles. The predicted octanol–water partition coefficient (Wildman–Crippen LogP) is 3.46. The summed E-state index contributed by atoms with van der Waals surface area (Å²) in [4.78, 5) is 0. The van der Waals surface area contributed by atoms with Crippen LogP contribution in [0.3, 0.4) is 0 Å².